The Morgan fingerprint density at radius 1 is 1.28 bits per heavy atom. The molecule has 7 N–H and O–H groups in total. The van der Waals surface area contributed by atoms with E-state index in [2.05, 4.69) is 4.98 Å². The number of fused-ring (bicyclic) bond motifs is 1. The van der Waals surface area contributed by atoms with Crippen LogP contribution in [-0.2, 0) is 0 Å². The topological polar surface area (TPSA) is 142 Å². The number of phenolic OH excluding ortho intramolecular Hbond substituents is 1. The number of amides is 1. The van der Waals surface area contributed by atoms with Crippen LogP contribution in [0.15, 0.2) is 18.2 Å². The number of aryl methyl sites for hydroxylation is 2. The van der Waals surface area contributed by atoms with E-state index >= 15 is 0 Å². The van der Waals surface area contributed by atoms with Gasteiger partial charge in [0.1, 0.15) is 18.2 Å². The van der Waals surface area contributed by atoms with Crippen LogP contribution < -0.4 is 21.9 Å². The molecule has 0 aliphatic heterocycles. The highest BCUT2D eigenvalue weighted by atomic mass is 16.5. The number of carbonyl (C=O) groups is 1. The molecule has 1 aromatic carbocycles. The molecule has 8 nitrogen and oxygen atoms in total. The Morgan fingerprint density at radius 2 is 1.97 bits per heavy atom. The number of aromatic hydroxyl groups is 1. The predicted molar refractivity (Wildman–Crippen MR) is 112 cm³/mol. The number of nitrogen functional groups attached to an aromatic ring is 1. The van der Waals surface area contributed by atoms with Gasteiger partial charge in [-0.2, -0.15) is 4.98 Å². The van der Waals surface area contributed by atoms with E-state index in [1.54, 1.807) is 29.7 Å². The first kappa shape index (κ1) is 19.1. The van der Waals surface area contributed by atoms with Crippen molar-refractivity contribution < 1.29 is 14.6 Å². The van der Waals surface area contributed by atoms with Crippen molar-refractivity contribution in [2.24, 2.45) is 11.5 Å². The molecule has 0 unspecified atom stereocenters. The molecule has 29 heavy (non-hydrogen) atoms. The second-order valence-corrected chi connectivity index (χ2v) is 7.97. The molecular formula is C21H25N5O3. The van der Waals surface area contributed by atoms with Crippen LogP contribution in [0.25, 0.3) is 16.7 Å². The number of phenols is 1. The maximum Gasteiger partial charge on any atom is 0.253 e. The van der Waals surface area contributed by atoms with E-state index in [1.807, 2.05) is 13.8 Å². The van der Waals surface area contributed by atoms with Crippen LogP contribution in [0.2, 0.25) is 0 Å². The molecule has 3 aromatic rings. The average molecular weight is 395 g/mol. The number of nitrogens with zero attached hydrogens (tertiary/aromatic N) is 2. The van der Waals surface area contributed by atoms with Crippen molar-refractivity contribution >= 4 is 22.8 Å². The number of benzene rings is 1. The highest BCUT2D eigenvalue weighted by Gasteiger charge is 2.39. The Morgan fingerprint density at radius 3 is 2.59 bits per heavy atom. The van der Waals surface area contributed by atoms with Crippen molar-refractivity contribution in [1.29, 1.82) is 0 Å². The van der Waals surface area contributed by atoms with Crippen LogP contribution in [0.1, 0.15) is 39.9 Å². The Labute approximate surface area is 168 Å². The number of aromatic nitrogens is 2. The van der Waals surface area contributed by atoms with Crippen molar-refractivity contribution in [3.05, 3.63) is 40.5 Å². The predicted octanol–water partition coefficient (Wildman–Crippen LogP) is 2.21. The summed E-state index contributed by atoms with van der Waals surface area (Å²) in [6, 6.07) is 5.20. The van der Waals surface area contributed by atoms with Gasteiger partial charge in [-0.3, -0.25) is 9.36 Å². The number of hydrogen-bond acceptors (Lipinski definition) is 6. The summed E-state index contributed by atoms with van der Waals surface area (Å²) in [5.74, 6) is 0.0793. The molecule has 152 valence electrons. The van der Waals surface area contributed by atoms with Gasteiger partial charge >= 0.3 is 0 Å². The largest absolute Gasteiger partial charge is 0.508 e. The summed E-state index contributed by atoms with van der Waals surface area (Å²) in [4.78, 5) is 16.9. The number of pyridine rings is 1. The number of ether oxygens (including phenoxy) is 1. The van der Waals surface area contributed by atoms with Crippen molar-refractivity contribution in [3.8, 4) is 17.3 Å². The molecule has 2 aromatic heterocycles. The standard InChI is InChI=1S/C21H25N5O3/c1-10-4-5-14(27)12(3)16(10)26-17(22)15(18(23)28)13-8-11(2)20(25-19(13)26)29-9-21(24)6-7-21/h4-5,8,27H,6-7,9,22,24H2,1-3H3,(H2,23,28). The third-order valence-corrected chi connectivity index (χ3v) is 5.59. The first-order valence-electron chi connectivity index (χ1n) is 9.45. The summed E-state index contributed by atoms with van der Waals surface area (Å²) >= 11 is 0. The van der Waals surface area contributed by atoms with Crippen molar-refractivity contribution in [2.45, 2.75) is 39.2 Å². The van der Waals surface area contributed by atoms with Crippen LogP contribution in [0, 0.1) is 20.8 Å². The van der Waals surface area contributed by atoms with Gasteiger partial charge < -0.3 is 27.0 Å². The summed E-state index contributed by atoms with van der Waals surface area (Å²) in [7, 11) is 0. The van der Waals surface area contributed by atoms with E-state index in [0.29, 0.717) is 34.8 Å². The molecule has 0 bridgehead atoms. The zero-order chi connectivity index (χ0) is 21.1. The molecular weight excluding hydrogens is 370 g/mol. The van der Waals surface area contributed by atoms with Gasteiger partial charge in [-0.25, -0.2) is 0 Å². The molecule has 2 heterocycles. The second kappa shape index (κ2) is 6.38. The maximum absolute atomic E-state index is 12.2. The van der Waals surface area contributed by atoms with Gasteiger partial charge in [0.25, 0.3) is 5.91 Å². The van der Waals surface area contributed by atoms with E-state index in [9.17, 15) is 9.90 Å². The molecule has 1 amide bonds. The van der Waals surface area contributed by atoms with E-state index in [0.717, 1.165) is 24.0 Å². The average Bonchev–Trinajstić information content (AvgIpc) is 3.32. The minimum Gasteiger partial charge on any atom is -0.508 e. The molecule has 4 rings (SSSR count). The van der Waals surface area contributed by atoms with Gasteiger partial charge in [-0.05, 0) is 51.3 Å². The Bertz CT molecular complexity index is 1160. The molecule has 1 aliphatic carbocycles. The van der Waals surface area contributed by atoms with Crippen LogP contribution in [0.5, 0.6) is 11.6 Å². The number of rotatable bonds is 5. The second-order valence-electron chi connectivity index (χ2n) is 7.97. The number of carbonyl (C=O) groups excluding carboxylic acids is 1. The summed E-state index contributed by atoms with van der Waals surface area (Å²) in [6.07, 6.45) is 1.84. The maximum atomic E-state index is 12.2. The van der Waals surface area contributed by atoms with E-state index in [-0.39, 0.29) is 22.7 Å². The number of primary amides is 1. The zero-order valence-corrected chi connectivity index (χ0v) is 16.7. The summed E-state index contributed by atoms with van der Waals surface area (Å²) < 4.78 is 7.55. The zero-order valence-electron chi connectivity index (χ0n) is 16.7. The Hall–Kier alpha value is -3.26. The Balaban J connectivity index is 1.99. The van der Waals surface area contributed by atoms with Gasteiger partial charge in [0.05, 0.1) is 16.8 Å². The van der Waals surface area contributed by atoms with Gasteiger partial charge in [-0.15, -0.1) is 0 Å². The van der Waals surface area contributed by atoms with Crippen molar-refractivity contribution in [2.75, 3.05) is 12.3 Å². The molecule has 0 saturated heterocycles. The van der Waals surface area contributed by atoms with Crippen LogP contribution in [-0.4, -0.2) is 32.7 Å². The summed E-state index contributed by atoms with van der Waals surface area (Å²) in [6.45, 7) is 5.90. The molecule has 0 spiro atoms. The molecule has 1 aliphatic rings. The summed E-state index contributed by atoms with van der Waals surface area (Å²) in [5, 5.41) is 10.8. The van der Waals surface area contributed by atoms with Crippen LogP contribution in [0.4, 0.5) is 5.82 Å². The van der Waals surface area contributed by atoms with E-state index in [1.165, 1.54) is 0 Å². The fourth-order valence-electron chi connectivity index (χ4n) is 3.62. The monoisotopic (exact) mass is 395 g/mol. The lowest BCUT2D eigenvalue weighted by Crippen LogP contribution is -2.30. The lowest BCUT2D eigenvalue weighted by Gasteiger charge is -2.16. The van der Waals surface area contributed by atoms with Gasteiger partial charge in [0.15, 0.2) is 5.65 Å². The SMILES string of the molecule is Cc1cc2c(C(N)=O)c(N)n(-c3c(C)ccc(O)c3C)c2nc1OCC1(N)CC1. The lowest BCUT2D eigenvalue weighted by molar-refractivity contribution is 0.100. The Kier molecular flexibility index (Phi) is 4.20. The number of anilines is 1. The number of hydrogen-bond donors (Lipinski definition) is 4. The minimum absolute atomic E-state index is 0.120. The highest BCUT2D eigenvalue weighted by Crippen LogP contribution is 2.38. The lowest BCUT2D eigenvalue weighted by atomic mass is 10.1. The van der Waals surface area contributed by atoms with Crippen molar-refractivity contribution in [1.82, 2.24) is 9.55 Å². The first-order valence-corrected chi connectivity index (χ1v) is 9.45. The van der Waals surface area contributed by atoms with Crippen molar-refractivity contribution in [3.63, 3.8) is 0 Å². The van der Waals surface area contributed by atoms with Gasteiger partial charge in [0, 0.05) is 16.5 Å². The summed E-state index contributed by atoms with van der Waals surface area (Å²) in [5.41, 5.74) is 21.4. The fourth-order valence-corrected chi connectivity index (χ4v) is 3.62. The molecule has 0 radical (unpaired) electrons. The first-order chi connectivity index (χ1) is 13.6. The third-order valence-electron chi connectivity index (χ3n) is 5.59. The smallest absolute Gasteiger partial charge is 0.253 e. The molecule has 8 heteroatoms. The fraction of sp³-hybridized carbons (Fsp3) is 0.333. The minimum atomic E-state index is -0.643. The van der Waals surface area contributed by atoms with E-state index < -0.39 is 5.91 Å². The molecule has 0 atom stereocenters. The molecule has 1 saturated carbocycles. The normalized spacial score (nSPS) is 14.9. The number of nitrogens with two attached hydrogens (primary N) is 3. The highest BCUT2D eigenvalue weighted by molar-refractivity contribution is 6.11. The van der Waals surface area contributed by atoms with Gasteiger partial charge in [0.2, 0.25) is 5.88 Å². The third kappa shape index (κ3) is 3.05. The van der Waals surface area contributed by atoms with Crippen LogP contribution >= 0.6 is 0 Å². The van der Waals surface area contributed by atoms with Gasteiger partial charge in [-0.1, -0.05) is 6.07 Å². The molecule has 1 fully saturated rings. The quantitative estimate of drug-likeness (QED) is 0.522. The van der Waals surface area contributed by atoms with E-state index in [4.69, 9.17) is 21.9 Å². The van der Waals surface area contributed by atoms with Crippen LogP contribution in [0.3, 0.4) is 0 Å².